The molecule has 1 unspecified atom stereocenters. The van der Waals surface area contributed by atoms with E-state index in [4.69, 9.17) is 0 Å². The molecule has 0 amide bonds. The summed E-state index contributed by atoms with van der Waals surface area (Å²) in [4.78, 5) is 0. The molecule has 4 heteroatoms. The SMILES string of the molecule is FC1C=C1CC(F)(F)F. The highest BCUT2D eigenvalue weighted by molar-refractivity contribution is 5.32. The Morgan fingerprint density at radius 2 is 1.89 bits per heavy atom. The fourth-order valence-corrected chi connectivity index (χ4v) is 0.528. The first-order valence-corrected chi connectivity index (χ1v) is 2.40. The average Bonchev–Trinajstić information content (AvgIpc) is 2.13. The van der Waals surface area contributed by atoms with Crippen molar-refractivity contribution < 1.29 is 17.6 Å². The van der Waals surface area contributed by atoms with Gasteiger partial charge in [0.15, 0.2) is 0 Å². The number of rotatable bonds is 1. The van der Waals surface area contributed by atoms with Gasteiger partial charge in [-0.05, 0) is 11.6 Å². The summed E-state index contributed by atoms with van der Waals surface area (Å²) in [6.07, 6.45) is -5.76. The van der Waals surface area contributed by atoms with Crippen molar-refractivity contribution in [3.05, 3.63) is 11.6 Å². The van der Waals surface area contributed by atoms with Crippen LogP contribution in [0.3, 0.4) is 0 Å². The van der Waals surface area contributed by atoms with Gasteiger partial charge in [0.05, 0.1) is 6.42 Å². The van der Waals surface area contributed by atoms with Gasteiger partial charge in [-0.3, -0.25) is 0 Å². The van der Waals surface area contributed by atoms with Crippen LogP contribution >= 0.6 is 0 Å². The van der Waals surface area contributed by atoms with Crippen molar-refractivity contribution in [1.29, 1.82) is 0 Å². The second kappa shape index (κ2) is 1.72. The summed E-state index contributed by atoms with van der Waals surface area (Å²) >= 11 is 0. The summed E-state index contributed by atoms with van der Waals surface area (Å²) in [7, 11) is 0. The normalized spacial score (nSPS) is 25.8. The molecule has 52 valence electrons. The lowest BCUT2D eigenvalue weighted by atomic mass is 10.3. The van der Waals surface area contributed by atoms with Crippen LogP contribution in [-0.2, 0) is 0 Å². The van der Waals surface area contributed by atoms with Gasteiger partial charge >= 0.3 is 6.18 Å². The van der Waals surface area contributed by atoms with Crippen LogP contribution in [0.1, 0.15) is 6.42 Å². The van der Waals surface area contributed by atoms with Gasteiger partial charge in [-0.25, -0.2) is 4.39 Å². The van der Waals surface area contributed by atoms with Gasteiger partial charge in [0.2, 0.25) is 0 Å². The van der Waals surface area contributed by atoms with Gasteiger partial charge in [0.1, 0.15) is 6.17 Å². The minimum atomic E-state index is -4.24. The highest BCUT2D eigenvalue weighted by Gasteiger charge is 2.36. The minimum Gasteiger partial charge on any atom is -0.238 e. The largest absolute Gasteiger partial charge is 0.392 e. The second-order valence-corrected chi connectivity index (χ2v) is 1.94. The lowest BCUT2D eigenvalue weighted by Crippen LogP contribution is -2.06. The van der Waals surface area contributed by atoms with E-state index in [-0.39, 0.29) is 5.57 Å². The lowest BCUT2D eigenvalue weighted by molar-refractivity contribution is -0.126. The van der Waals surface area contributed by atoms with Crippen molar-refractivity contribution in [2.75, 3.05) is 0 Å². The van der Waals surface area contributed by atoms with Gasteiger partial charge in [-0.1, -0.05) is 0 Å². The molecule has 1 aliphatic rings. The number of halogens is 4. The van der Waals surface area contributed by atoms with Gasteiger partial charge in [-0.2, -0.15) is 13.2 Å². The third-order valence-corrected chi connectivity index (χ3v) is 1.01. The summed E-state index contributed by atoms with van der Waals surface area (Å²) in [5.41, 5.74) is -0.137. The summed E-state index contributed by atoms with van der Waals surface area (Å²) < 4.78 is 45.6. The Balaban J connectivity index is 2.28. The molecule has 0 N–H and O–H groups in total. The van der Waals surface area contributed by atoms with E-state index in [9.17, 15) is 17.6 Å². The molecule has 0 spiro atoms. The maximum Gasteiger partial charge on any atom is 0.392 e. The number of hydrogen-bond acceptors (Lipinski definition) is 0. The molecule has 1 atom stereocenters. The Morgan fingerprint density at radius 3 is 2.00 bits per heavy atom. The van der Waals surface area contributed by atoms with Crippen LogP contribution in [0.4, 0.5) is 17.6 Å². The maximum absolute atomic E-state index is 11.7. The Hall–Kier alpha value is -0.540. The zero-order chi connectivity index (χ0) is 7.07. The molecule has 0 nitrogen and oxygen atoms in total. The third-order valence-electron chi connectivity index (χ3n) is 1.01. The van der Waals surface area contributed by atoms with E-state index in [0.717, 1.165) is 6.08 Å². The molecule has 0 radical (unpaired) electrons. The molecule has 0 saturated carbocycles. The van der Waals surface area contributed by atoms with Crippen LogP contribution in [0, 0.1) is 0 Å². The van der Waals surface area contributed by atoms with E-state index in [1.165, 1.54) is 0 Å². The summed E-state index contributed by atoms with van der Waals surface area (Å²) in [5.74, 6) is 0. The summed E-state index contributed by atoms with van der Waals surface area (Å²) in [5, 5.41) is 0. The second-order valence-electron chi connectivity index (χ2n) is 1.94. The fraction of sp³-hybridized carbons (Fsp3) is 0.600. The molecule has 0 saturated heterocycles. The molecule has 0 bridgehead atoms. The summed E-state index contributed by atoms with van der Waals surface area (Å²) in [6.45, 7) is 0. The highest BCUT2D eigenvalue weighted by Crippen LogP contribution is 2.35. The van der Waals surface area contributed by atoms with Crippen LogP contribution in [0.25, 0.3) is 0 Å². The predicted molar refractivity (Wildman–Crippen MR) is 23.7 cm³/mol. The van der Waals surface area contributed by atoms with Crippen molar-refractivity contribution in [3.8, 4) is 0 Å². The highest BCUT2D eigenvalue weighted by atomic mass is 19.4. The molecule has 9 heavy (non-hydrogen) atoms. The van der Waals surface area contributed by atoms with Crippen molar-refractivity contribution in [2.45, 2.75) is 18.8 Å². The van der Waals surface area contributed by atoms with Crippen LogP contribution in [-0.4, -0.2) is 12.3 Å². The predicted octanol–water partition coefficient (Wildman–Crippen LogP) is 2.22. The maximum atomic E-state index is 11.7. The molecular formula is C5H4F4. The Kier molecular flexibility index (Phi) is 1.26. The zero-order valence-electron chi connectivity index (χ0n) is 4.37. The Labute approximate surface area is 49.2 Å². The Bertz CT molecular complexity index is 144. The van der Waals surface area contributed by atoms with E-state index in [1.807, 2.05) is 0 Å². The van der Waals surface area contributed by atoms with Gasteiger partial charge in [-0.15, -0.1) is 0 Å². The molecule has 0 aromatic rings. The standard InChI is InChI=1S/C5H4F4/c6-4-1-3(4)2-5(7,8)9/h1,4H,2H2. The molecule has 1 rings (SSSR count). The number of allylic oxidation sites excluding steroid dienone is 2. The van der Waals surface area contributed by atoms with Gasteiger partial charge in [0.25, 0.3) is 0 Å². The lowest BCUT2D eigenvalue weighted by Gasteiger charge is -2.00. The van der Waals surface area contributed by atoms with Gasteiger partial charge in [0, 0.05) is 0 Å². The van der Waals surface area contributed by atoms with E-state index in [1.54, 1.807) is 0 Å². The van der Waals surface area contributed by atoms with E-state index >= 15 is 0 Å². The summed E-state index contributed by atoms with van der Waals surface area (Å²) in [6, 6.07) is 0. The molecule has 1 aliphatic carbocycles. The average molecular weight is 140 g/mol. The van der Waals surface area contributed by atoms with Crippen molar-refractivity contribution in [3.63, 3.8) is 0 Å². The number of alkyl halides is 4. The first kappa shape index (κ1) is 6.58. The van der Waals surface area contributed by atoms with Crippen molar-refractivity contribution in [2.24, 2.45) is 0 Å². The minimum absolute atomic E-state index is 0.137. The van der Waals surface area contributed by atoms with Crippen molar-refractivity contribution >= 4 is 0 Å². The third kappa shape index (κ3) is 2.03. The number of hydrogen-bond donors (Lipinski definition) is 0. The van der Waals surface area contributed by atoms with Gasteiger partial charge < -0.3 is 0 Å². The molecule has 0 aromatic carbocycles. The van der Waals surface area contributed by atoms with Crippen molar-refractivity contribution in [1.82, 2.24) is 0 Å². The first-order valence-electron chi connectivity index (χ1n) is 2.40. The van der Waals surface area contributed by atoms with Crippen LogP contribution < -0.4 is 0 Å². The van der Waals surface area contributed by atoms with Crippen LogP contribution in [0.15, 0.2) is 11.6 Å². The van der Waals surface area contributed by atoms with E-state index in [2.05, 4.69) is 0 Å². The molecule has 0 heterocycles. The Morgan fingerprint density at radius 1 is 1.44 bits per heavy atom. The van der Waals surface area contributed by atoms with Crippen LogP contribution in [0.5, 0.6) is 0 Å². The molecule has 0 fully saturated rings. The molecular weight excluding hydrogens is 136 g/mol. The molecule has 0 aromatic heterocycles. The first-order chi connectivity index (χ1) is 3.99. The van der Waals surface area contributed by atoms with E-state index in [0.29, 0.717) is 0 Å². The topological polar surface area (TPSA) is 0 Å². The quantitative estimate of drug-likeness (QED) is 0.387. The molecule has 0 aliphatic heterocycles. The monoisotopic (exact) mass is 140 g/mol. The zero-order valence-corrected chi connectivity index (χ0v) is 4.37. The fourth-order valence-electron chi connectivity index (χ4n) is 0.528. The smallest absolute Gasteiger partial charge is 0.238 e. The van der Waals surface area contributed by atoms with Crippen LogP contribution in [0.2, 0.25) is 0 Å². The van der Waals surface area contributed by atoms with E-state index < -0.39 is 18.8 Å².